The first kappa shape index (κ1) is 16.8. The minimum atomic E-state index is -0.869. The lowest BCUT2D eigenvalue weighted by Gasteiger charge is -2.47. The van der Waals surface area contributed by atoms with Gasteiger partial charge in [-0.15, -0.1) is 0 Å². The summed E-state index contributed by atoms with van der Waals surface area (Å²) >= 11 is 5.85. The highest BCUT2D eigenvalue weighted by atomic mass is 35.5. The van der Waals surface area contributed by atoms with E-state index in [1.54, 1.807) is 11.1 Å². The summed E-state index contributed by atoms with van der Waals surface area (Å²) in [7, 11) is 0. The van der Waals surface area contributed by atoms with Crippen molar-refractivity contribution >= 4 is 23.5 Å². The summed E-state index contributed by atoms with van der Waals surface area (Å²) in [5, 5.41) is 13.0. The molecule has 1 atom stereocenters. The fourth-order valence-electron chi connectivity index (χ4n) is 3.22. The number of halogens is 1. The lowest BCUT2D eigenvalue weighted by molar-refractivity contribution is 0.0399. The van der Waals surface area contributed by atoms with Crippen molar-refractivity contribution in [3.8, 4) is 0 Å². The van der Waals surface area contributed by atoms with Crippen molar-refractivity contribution in [1.82, 2.24) is 14.9 Å². The van der Waals surface area contributed by atoms with Gasteiger partial charge in [0.15, 0.2) is 0 Å². The van der Waals surface area contributed by atoms with Crippen molar-refractivity contribution in [2.45, 2.75) is 46.1 Å². The van der Waals surface area contributed by atoms with E-state index < -0.39 is 11.6 Å². The second-order valence-corrected chi connectivity index (χ2v) is 7.18. The van der Waals surface area contributed by atoms with Crippen LogP contribution in [0.1, 0.15) is 39.2 Å². The summed E-state index contributed by atoms with van der Waals surface area (Å²) in [5.41, 5.74) is 0.218. The Balaban J connectivity index is 2.29. The van der Waals surface area contributed by atoms with Gasteiger partial charge in [-0.2, -0.15) is 0 Å². The molecule has 2 heterocycles. The van der Waals surface area contributed by atoms with E-state index in [1.165, 1.54) is 0 Å². The van der Waals surface area contributed by atoms with E-state index in [4.69, 9.17) is 11.6 Å². The molecule has 0 bridgehead atoms. The van der Waals surface area contributed by atoms with Crippen molar-refractivity contribution in [1.29, 1.82) is 0 Å². The van der Waals surface area contributed by atoms with Crippen LogP contribution >= 0.6 is 11.6 Å². The van der Waals surface area contributed by atoms with E-state index in [2.05, 4.69) is 36.1 Å². The monoisotopic (exact) mass is 326 g/mol. The normalized spacial score (nSPS) is 22.0. The predicted molar refractivity (Wildman–Crippen MR) is 86.4 cm³/mol. The molecule has 1 fully saturated rings. The number of anilines is 1. The number of likely N-dealkylation sites (tertiary alicyclic amines) is 1. The molecule has 22 heavy (non-hydrogen) atoms. The van der Waals surface area contributed by atoms with Crippen LogP contribution in [0.2, 0.25) is 5.28 Å². The maximum absolute atomic E-state index is 11.6. The zero-order chi connectivity index (χ0) is 16.5. The Morgan fingerprint density at radius 2 is 2.23 bits per heavy atom. The maximum atomic E-state index is 11.6. The summed E-state index contributed by atoms with van der Waals surface area (Å²) in [4.78, 5) is 21.3. The van der Waals surface area contributed by atoms with Gasteiger partial charge in [0.25, 0.3) is 0 Å². The standard InChI is InChI=1S/C15H23ClN4O2/c1-10-8-17-12(16)19-11(10)18-9-15(14(2,3)4)6-5-7-20(15)13(21)22/h8H,5-7,9H2,1-4H3,(H,21,22)(H,17,18,19)/t15-/m1/s1. The molecule has 0 spiro atoms. The molecule has 2 N–H and O–H groups in total. The SMILES string of the molecule is Cc1cnc(Cl)nc1NC[C@@]1(C(C)(C)C)CCCN1C(=O)O. The molecule has 0 aromatic carbocycles. The smallest absolute Gasteiger partial charge is 0.407 e. The molecule has 2 rings (SSSR count). The minimum absolute atomic E-state index is 0.180. The van der Waals surface area contributed by atoms with Gasteiger partial charge in [-0.05, 0) is 36.8 Å². The van der Waals surface area contributed by atoms with Crippen LogP contribution in [0.15, 0.2) is 6.20 Å². The molecule has 7 heteroatoms. The van der Waals surface area contributed by atoms with Gasteiger partial charge in [-0.3, -0.25) is 0 Å². The Hall–Kier alpha value is -1.56. The van der Waals surface area contributed by atoms with Crippen LogP contribution in [-0.2, 0) is 0 Å². The number of nitrogens with zero attached hydrogens (tertiary/aromatic N) is 3. The van der Waals surface area contributed by atoms with Crippen LogP contribution in [0, 0.1) is 12.3 Å². The predicted octanol–water partition coefficient (Wildman–Crippen LogP) is 3.41. The fourth-order valence-corrected chi connectivity index (χ4v) is 3.35. The van der Waals surface area contributed by atoms with Gasteiger partial charge in [0.05, 0.1) is 5.54 Å². The molecule has 1 aliphatic heterocycles. The summed E-state index contributed by atoms with van der Waals surface area (Å²) in [6, 6.07) is 0. The number of hydrogen-bond donors (Lipinski definition) is 2. The third-order valence-electron chi connectivity index (χ3n) is 4.61. The molecule has 1 saturated heterocycles. The second kappa shape index (κ2) is 5.91. The number of aromatic nitrogens is 2. The Labute approximate surface area is 135 Å². The molecular formula is C15H23ClN4O2. The Morgan fingerprint density at radius 1 is 1.55 bits per heavy atom. The molecule has 122 valence electrons. The average Bonchev–Trinajstić information content (AvgIpc) is 2.85. The summed E-state index contributed by atoms with van der Waals surface area (Å²) in [6.45, 7) is 9.20. The van der Waals surface area contributed by atoms with E-state index in [1.807, 2.05) is 6.92 Å². The Kier molecular flexibility index (Phi) is 4.52. The molecule has 1 aromatic rings. The highest BCUT2D eigenvalue weighted by Crippen LogP contribution is 2.43. The van der Waals surface area contributed by atoms with Crippen LogP contribution in [0.25, 0.3) is 0 Å². The zero-order valence-corrected chi connectivity index (χ0v) is 14.2. The minimum Gasteiger partial charge on any atom is -0.465 e. The van der Waals surface area contributed by atoms with Crippen LogP contribution in [0.5, 0.6) is 0 Å². The van der Waals surface area contributed by atoms with E-state index in [0.29, 0.717) is 18.9 Å². The van der Waals surface area contributed by atoms with Gasteiger partial charge in [0.2, 0.25) is 5.28 Å². The number of carboxylic acid groups (broad SMARTS) is 1. The van der Waals surface area contributed by atoms with Gasteiger partial charge in [0, 0.05) is 24.8 Å². The zero-order valence-electron chi connectivity index (χ0n) is 13.5. The Morgan fingerprint density at radius 3 is 2.82 bits per heavy atom. The lowest BCUT2D eigenvalue weighted by Crippen LogP contribution is -2.59. The van der Waals surface area contributed by atoms with Crippen LogP contribution < -0.4 is 5.32 Å². The molecule has 1 aromatic heterocycles. The van der Waals surface area contributed by atoms with Crippen molar-refractivity contribution in [3.63, 3.8) is 0 Å². The molecule has 0 aliphatic carbocycles. The fraction of sp³-hybridized carbons (Fsp3) is 0.667. The number of rotatable bonds is 3. The van der Waals surface area contributed by atoms with E-state index in [-0.39, 0.29) is 10.7 Å². The summed E-state index contributed by atoms with van der Waals surface area (Å²) < 4.78 is 0. The van der Waals surface area contributed by atoms with Crippen molar-refractivity contribution < 1.29 is 9.90 Å². The molecule has 0 radical (unpaired) electrons. The van der Waals surface area contributed by atoms with E-state index in [0.717, 1.165) is 18.4 Å². The third kappa shape index (κ3) is 2.97. The van der Waals surface area contributed by atoms with Gasteiger partial charge < -0.3 is 15.3 Å². The van der Waals surface area contributed by atoms with Crippen molar-refractivity contribution in [3.05, 3.63) is 17.0 Å². The number of nitrogens with one attached hydrogen (secondary N) is 1. The molecule has 0 unspecified atom stereocenters. The van der Waals surface area contributed by atoms with E-state index in [9.17, 15) is 9.90 Å². The first-order valence-corrected chi connectivity index (χ1v) is 7.79. The van der Waals surface area contributed by atoms with Gasteiger partial charge in [-0.1, -0.05) is 20.8 Å². The van der Waals surface area contributed by atoms with Gasteiger partial charge in [-0.25, -0.2) is 14.8 Å². The summed E-state index contributed by atoms with van der Waals surface area (Å²) in [6.07, 6.45) is 2.49. The topological polar surface area (TPSA) is 78.4 Å². The maximum Gasteiger partial charge on any atom is 0.407 e. The average molecular weight is 327 g/mol. The van der Waals surface area contributed by atoms with Crippen LogP contribution in [0.3, 0.4) is 0 Å². The Bertz CT molecular complexity index is 573. The molecule has 1 aliphatic rings. The third-order valence-corrected chi connectivity index (χ3v) is 4.79. The van der Waals surface area contributed by atoms with E-state index >= 15 is 0 Å². The molecule has 0 saturated carbocycles. The van der Waals surface area contributed by atoms with Gasteiger partial charge >= 0.3 is 6.09 Å². The highest BCUT2D eigenvalue weighted by molar-refractivity contribution is 6.28. The molecule has 6 nitrogen and oxygen atoms in total. The highest BCUT2D eigenvalue weighted by Gasteiger charge is 2.51. The number of amides is 1. The van der Waals surface area contributed by atoms with Crippen LogP contribution in [0.4, 0.5) is 10.6 Å². The first-order chi connectivity index (χ1) is 10.2. The first-order valence-electron chi connectivity index (χ1n) is 7.41. The lowest BCUT2D eigenvalue weighted by atomic mass is 9.71. The largest absolute Gasteiger partial charge is 0.465 e. The van der Waals surface area contributed by atoms with Crippen molar-refractivity contribution in [2.75, 3.05) is 18.4 Å². The summed E-state index contributed by atoms with van der Waals surface area (Å²) in [5.74, 6) is 0.654. The quantitative estimate of drug-likeness (QED) is 0.832. The molecular weight excluding hydrogens is 304 g/mol. The molecule has 1 amide bonds. The van der Waals surface area contributed by atoms with Crippen molar-refractivity contribution in [2.24, 2.45) is 5.41 Å². The number of aryl methyl sites for hydroxylation is 1. The number of carbonyl (C=O) groups is 1. The van der Waals surface area contributed by atoms with Crippen LogP contribution in [-0.4, -0.2) is 44.7 Å². The van der Waals surface area contributed by atoms with Gasteiger partial charge in [0.1, 0.15) is 5.82 Å². The second-order valence-electron chi connectivity index (χ2n) is 6.84. The number of hydrogen-bond acceptors (Lipinski definition) is 4.